The van der Waals surface area contributed by atoms with Crippen molar-refractivity contribution in [1.82, 2.24) is 15.1 Å². The molecule has 0 radical (unpaired) electrons. The lowest BCUT2D eigenvalue weighted by molar-refractivity contribution is -0.173. The van der Waals surface area contributed by atoms with E-state index in [0.29, 0.717) is 5.56 Å². The Morgan fingerprint density at radius 2 is 2.07 bits per heavy atom. The number of alkyl halides is 3. The topological polar surface area (TPSA) is 59.0 Å². The van der Waals surface area contributed by atoms with Crippen molar-refractivity contribution < 1.29 is 18.0 Å². The molecule has 1 aromatic heterocycles. The third kappa shape index (κ3) is 4.12. The van der Waals surface area contributed by atoms with Crippen molar-refractivity contribution in [3.8, 4) is 0 Å². The fraction of sp³-hybridized carbons (Fsp3) is 0.444. The lowest BCUT2D eigenvalue weighted by atomic mass is 9.96. The smallest absolute Gasteiger partial charge is 0.363 e. The largest absolute Gasteiger partial charge is 0.410 e. The van der Waals surface area contributed by atoms with Gasteiger partial charge in [-0.2, -0.15) is 18.3 Å². The zero-order chi connectivity index (χ0) is 19.8. The Kier molecular flexibility index (Phi) is 5.50. The summed E-state index contributed by atoms with van der Waals surface area (Å²) in [5.74, 6) is -0.340. The van der Waals surface area contributed by atoms with Gasteiger partial charge in [0.1, 0.15) is 11.4 Å². The quantitative estimate of drug-likeness (QED) is 0.709. The number of fused-ring (bicyclic) bond motifs is 1. The highest BCUT2D eigenvalue weighted by atomic mass is 79.9. The van der Waals surface area contributed by atoms with Crippen LogP contribution in [0, 0.1) is 0 Å². The van der Waals surface area contributed by atoms with E-state index in [1.807, 2.05) is 13.8 Å². The average Bonchev–Trinajstić information content (AvgIpc) is 3.04. The molecule has 1 aromatic carbocycles. The fourth-order valence-corrected chi connectivity index (χ4v) is 3.31. The Labute approximate surface area is 163 Å². The summed E-state index contributed by atoms with van der Waals surface area (Å²) in [6.07, 6.45) is -2.76. The molecule has 1 aliphatic rings. The summed E-state index contributed by atoms with van der Waals surface area (Å²) in [5, 5.41) is 9.72. The first-order chi connectivity index (χ1) is 12.7. The maximum Gasteiger partial charge on any atom is 0.410 e. The van der Waals surface area contributed by atoms with E-state index in [-0.39, 0.29) is 23.8 Å². The number of nitrogens with zero attached hydrogens (tertiary/aromatic N) is 2. The molecule has 5 nitrogen and oxygen atoms in total. The molecular formula is C18H20BrF3N4O. The highest BCUT2D eigenvalue weighted by molar-refractivity contribution is 9.10. The molecule has 2 aromatic rings. The van der Waals surface area contributed by atoms with Crippen molar-refractivity contribution in [2.75, 3.05) is 5.32 Å². The summed E-state index contributed by atoms with van der Waals surface area (Å²) in [4.78, 5) is 12.5. The molecule has 3 atom stereocenters. The molecule has 0 saturated heterocycles. The van der Waals surface area contributed by atoms with Gasteiger partial charge in [-0.05, 0) is 31.0 Å². The molecule has 0 bridgehead atoms. The fourth-order valence-electron chi connectivity index (χ4n) is 3.05. The predicted octanol–water partition coefficient (Wildman–Crippen LogP) is 4.83. The van der Waals surface area contributed by atoms with Gasteiger partial charge in [0.05, 0.1) is 12.2 Å². The summed E-state index contributed by atoms with van der Waals surface area (Å²) in [6, 6.07) is 4.62. The molecule has 2 N–H and O–H groups in total. The maximum atomic E-state index is 13.7. The van der Waals surface area contributed by atoms with Crippen LogP contribution < -0.4 is 10.6 Å². The zero-order valence-corrected chi connectivity index (χ0v) is 16.4. The molecule has 9 heteroatoms. The molecule has 1 amide bonds. The van der Waals surface area contributed by atoms with E-state index in [2.05, 4.69) is 31.7 Å². The third-order valence-electron chi connectivity index (χ3n) is 4.75. The average molecular weight is 445 g/mol. The molecule has 1 aliphatic heterocycles. The predicted molar refractivity (Wildman–Crippen MR) is 99.7 cm³/mol. The lowest BCUT2D eigenvalue weighted by Crippen LogP contribution is -2.37. The number of anilines is 1. The first-order valence-electron chi connectivity index (χ1n) is 8.67. The minimum absolute atomic E-state index is 0.0858. The normalized spacial score (nSPS) is 20.5. The summed E-state index contributed by atoms with van der Waals surface area (Å²) in [7, 11) is 0. The van der Waals surface area contributed by atoms with Crippen LogP contribution in [0.1, 0.15) is 54.7 Å². The van der Waals surface area contributed by atoms with Crippen LogP contribution >= 0.6 is 15.9 Å². The first-order valence-corrected chi connectivity index (χ1v) is 9.47. The van der Waals surface area contributed by atoms with Crippen molar-refractivity contribution in [3.05, 3.63) is 46.1 Å². The maximum absolute atomic E-state index is 13.7. The van der Waals surface area contributed by atoms with Crippen LogP contribution in [-0.2, 0) is 0 Å². The molecule has 0 aliphatic carbocycles. The van der Waals surface area contributed by atoms with Crippen LogP contribution in [0.25, 0.3) is 0 Å². The standard InChI is InChI=1S/C18H20BrF3N4O/c1-3-10(2)24-17(27)13-9-23-26-15(18(20,21)22)8-14(25-16(13)26)11-4-6-12(19)7-5-11/h4-7,9-10,14-15,25H,3,8H2,1-2H3,(H,24,27)/t10?,14-,15+/m1/s1. The Morgan fingerprint density at radius 1 is 1.41 bits per heavy atom. The van der Waals surface area contributed by atoms with Crippen LogP contribution in [-0.4, -0.2) is 27.9 Å². The Bertz CT molecular complexity index is 819. The van der Waals surface area contributed by atoms with Crippen molar-refractivity contribution >= 4 is 27.7 Å². The van der Waals surface area contributed by atoms with E-state index < -0.39 is 24.2 Å². The molecule has 3 rings (SSSR count). The van der Waals surface area contributed by atoms with Gasteiger partial charge in [0.15, 0.2) is 6.04 Å². The van der Waals surface area contributed by atoms with Crippen molar-refractivity contribution in [1.29, 1.82) is 0 Å². The number of hydrogen-bond acceptors (Lipinski definition) is 3. The van der Waals surface area contributed by atoms with Crippen LogP contribution in [0.3, 0.4) is 0 Å². The minimum Gasteiger partial charge on any atom is -0.363 e. The second-order valence-electron chi connectivity index (χ2n) is 6.68. The van der Waals surface area contributed by atoms with Crippen molar-refractivity contribution in [2.24, 2.45) is 0 Å². The SMILES string of the molecule is CCC(C)NC(=O)c1cnn2c1N[C@@H](c1ccc(Br)cc1)C[C@H]2C(F)(F)F. The Morgan fingerprint density at radius 3 is 2.67 bits per heavy atom. The zero-order valence-electron chi connectivity index (χ0n) is 14.8. The van der Waals surface area contributed by atoms with E-state index in [4.69, 9.17) is 0 Å². The van der Waals surface area contributed by atoms with Gasteiger partial charge in [-0.15, -0.1) is 0 Å². The first kappa shape index (κ1) is 19.7. The van der Waals surface area contributed by atoms with E-state index in [1.165, 1.54) is 6.20 Å². The van der Waals surface area contributed by atoms with Gasteiger partial charge < -0.3 is 10.6 Å². The van der Waals surface area contributed by atoms with Crippen LogP contribution in [0.15, 0.2) is 34.9 Å². The lowest BCUT2D eigenvalue weighted by Gasteiger charge is -2.34. The number of carbonyl (C=O) groups is 1. The van der Waals surface area contributed by atoms with Gasteiger partial charge >= 0.3 is 6.18 Å². The van der Waals surface area contributed by atoms with Crippen LogP contribution in [0.4, 0.5) is 19.0 Å². The summed E-state index contributed by atoms with van der Waals surface area (Å²) in [5.41, 5.74) is 0.833. The van der Waals surface area contributed by atoms with E-state index in [0.717, 1.165) is 15.6 Å². The van der Waals surface area contributed by atoms with Crippen molar-refractivity contribution in [3.63, 3.8) is 0 Å². The Hall–Kier alpha value is -2.03. The number of benzene rings is 1. The molecule has 0 saturated carbocycles. The van der Waals surface area contributed by atoms with Gasteiger partial charge in [-0.25, -0.2) is 4.68 Å². The van der Waals surface area contributed by atoms with Crippen molar-refractivity contribution in [2.45, 2.75) is 51.0 Å². The van der Waals surface area contributed by atoms with E-state index in [9.17, 15) is 18.0 Å². The molecule has 2 heterocycles. The summed E-state index contributed by atoms with van der Waals surface area (Å²) >= 11 is 3.33. The van der Waals surface area contributed by atoms with Gasteiger partial charge in [0.25, 0.3) is 5.91 Å². The highest BCUT2D eigenvalue weighted by Gasteiger charge is 2.47. The monoisotopic (exact) mass is 444 g/mol. The number of carbonyl (C=O) groups excluding carboxylic acids is 1. The number of nitrogens with one attached hydrogen (secondary N) is 2. The third-order valence-corrected chi connectivity index (χ3v) is 5.27. The van der Waals surface area contributed by atoms with Crippen LogP contribution in [0.2, 0.25) is 0 Å². The second kappa shape index (κ2) is 7.53. The minimum atomic E-state index is -4.47. The summed E-state index contributed by atoms with van der Waals surface area (Å²) < 4.78 is 42.7. The molecule has 27 heavy (non-hydrogen) atoms. The van der Waals surface area contributed by atoms with E-state index >= 15 is 0 Å². The molecule has 1 unspecified atom stereocenters. The number of halogens is 4. The van der Waals surface area contributed by atoms with Gasteiger partial charge in [0.2, 0.25) is 0 Å². The molecule has 146 valence electrons. The van der Waals surface area contributed by atoms with Gasteiger partial charge in [-0.1, -0.05) is 35.0 Å². The van der Waals surface area contributed by atoms with Gasteiger partial charge in [0, 0.05) is 16.9 Å². The summed E-state index contributed by atoms with van der Waals surface area (Å²) in [6.45, 7) is 3.75. The van der Waals surface area contributed by atoms with Crippen LogP contribution in [0.5, 0.6) is 0 Å². The number of aromatic nitrogens is 2. The number of amides is 1. The highest BCUT2D eigenvalue weighted by Crippen LogP contribution is 2.44. The van der Waals surface area contributed by atoms with Gasteiger partial charge in [-0.3, -0.25) is 4.79 Å². The second-order valence-corrected chi connectivity index (χ2v) is 7.59. The number of rotatable bonds is 4. The Balaban J connectivity index is 1.98. The molecular weight excluding hydrogens is 425 g/mol. The number of hydrogen-bond donors (Lipinski definition) is 2. The van der Waals surface area contributed by atoms with E-state index in [1.54, 1.807) is 24.3 Å². The molecule has 0 fully saturated rings. The molecule has 0 spiro atoms.